The monoisotopic (exact) mass is 278 g/mol. The van der Waals surface area contributed by atoms with E-state index in [0.29, 0.717) is 28.2 Å². The zero-order valence-electron chi connectivity index (χ0n) is 10.8. The molecule has 100 valence electrons. The maximum atomic E-state index is 13.5. The maximum absolute atomic E-state index is 13.5. The van der Waals surface area contributed by atoms with Crippen LogP contribution < -0.4 is 11.1 Å². The lowest BCUT2D eigenvalue weighted by Gasteiger charge is -2.08. The number of nitrogens with one attached hydrogen (secondary N) is 1. The molecular formula is C14H15FN2OS. The van der Waals surface area contributed by atoms with Gasteiger partial charge in [0.2, 0.25) is 0 Å². The first-order valence-corrected chi connectivity index (χ1v) is 6.74. The normalized spacial score (nSPS) is 10.5. The molecule has 0 saturated carbocycles. The molecule has 0 unspecified atom stereocenters. The number of rotatable bonds is 3. The summed E-state index contributed by atoms with van der Waals surface area (Å²) in [6, 6.07) is 5.17. The van der Waals surface area contributed by atoms with Gasteiger partial charge in [-0.15, -0.1) is 11.3 Å². The molecule has 0 atom stereocenters. The van der Waals surface area contributed by atoms with E-state index in [-0.39, 0.29) is 11.7 Å². The van der Waals surface area contributed by atoms with Crippen LogP contribution in [0.1, 0.15) is 26.4 Å². The van der Waals surface area contributed by atoms with Gasteiger partial charge in [-0.05, 0) is 42.0 Å². The van der Waals surface area contributed by atoms with Crippen LogP contribution in [0.4, 0.5) is 10.1 Å². The molecule has 3 N–H and O–H groups in total. The van der Waals surface area contributed by atoms with Crippen molar-refractivity contribution in [3.8, 4) is 0 Å². The Balaban J connectivity index is 2.07. The number of anilines is 1. The molecule has 5 heteroatoms. The Morgan fingerprint density at radius 2 is 2.00 bits per heavy atom. The number of amides is 1. The first-order chi connectivity index (χ1) is 8.99. The molecule has 0 radical (unpaired) electrons. The highest BCUT2D eigenvalue weighted by atomic mass is 32.1. The molecule has 0 aliphatic rings. The Morgan fingerprint density at radius 1 is 1.37 bits per heavy atom. The minimum Gasteiger partial charge on any atom is -0.397 e. The van der Waals surface area contributed by atoms with Crippen LogP contribution in [0, 0.1) is 19.7 Å². The van der Waals surface area contributed by atoms with Crippen LogP contribution in [-0.4, -0.2) is 5.91 Å². The Hall–Kier alpha value is -1.88. The number of hydrogen-bond acceptors (Lipinski definition) is 3. The van der Waals surface area contributed by atoms with E-state index in [0.717, 1.165) is 5.56 Å². The highest BCUT2D eigenvalue weighted by Gasteiger charge is 2.11. The third-order valence-corrected chi connectivity index (χ3v) is 3.78. The second-order valence-electron chi connectivity index (χ2n) is 4.43. The fraction of sp³-hybridized carbons (Fsp3) is 0.214. The van der Waals surface area contributed by atoms with Gasteiger partial charge in [0.15, 0.2) is 0 Å². The number of nitrogens with two attached hydrogens (primary N) is 1. The summed E-state index contributed by atoms with van der Waals surface area (Å²) in [6.45, 7) is 3.79. The molecule has 0 saturated heterocycles. The largest absolute Gasteiger partial charge is 0.397 e. The average Bonchev–Trinajstić information content (AvgIpc) is 2.79. The molecule has 1 heterocycles. The zero-order chi connectivity index (χ0) is 14.0. The van der Waals surface area contributed by atoms with Crippen molar-refractivity contribution in [1.29, 1.82) is 0 Å². The van der Waals surface area contributed by atoms with Gasteiger partial charge in [-0.2, -0.15) is 0 Å². The van der Waals surface area contributed by atoms with Gasteiger partial charge < -0.3 is 11.1 Å². The molecule has 1 aromatic carbocycles. The Bertz CT molecular complexity index is 599. The topological polar surface area (TPSA) is 55.1 Å². The third-order valence-electron chi connectivity index (χ3n) is 2.85. The van der Waals surface area contributed by atoms with Crippen LogP contribution in [0.5, 0.6) is 0 Å². The summed E-state index contributed by atoms with van der Waals surface area (Å²) in [5, 5.41) is 4.56. The van der Waals surface area contributed by atoms with Crippen LogP contribution in [0.15, 0.2) is 23.6 Å². The van der Waals surface area contributed by atoms with Gasteiger partial charge in [-0.25, -0.2) is 4.39 Å². The molecule has 2 aromatic rings. The molecule has 0 bridgehead atoms. The Labute approximate surface area is 115 Å². The average molecular weight is 278 g/mol. The molecule has 0 aliphatic carbocycles. The lowest BCUT2D eigenvalue weighted by molar-refractivity contribution is 0.0956. The van der Waals surface area contributed by atoms with Gasteiger partial charge in [0, 0.05) is 6.54 Å². The number of benzene rings is 1. The van der Waals surface area contributed by atoms with Gasteiger partial charge in [-0.1, -0.05) is 12.1 Å². The molecule has 2 rings (SSSR count). The van der Waals surface area contributed by atoms with E-state index >= 15 is 0 Å². The molecular weight excluding hydrogens is 263 g/mol. The van der Waals surface area contributed by atoms with Crippen LogP contribution >= 0.6 is 11.3 Å². The lowest BCUT2D eigenvalue weighted by atomic mass is 10.1. The van der Waals surface area contributed by atoms with Crippen molar-refractivity contribution in [2.45, 2.75) is 20.4 Å². The molecule has 0 spiro atoms. The molecule has 0 fully saturated rings. The summed E-state index contributed by atoms with van der Waals surface area (Å²) >= 11 is 1.30. The Kier molecular flexibility index (Phi) is 3.85. The number of carbonyl (C=O) groups excluding carboxylic acids is 1. The van der Waals surface area contributed by atoms with Crippen LogP contribution in [0.25, 0.3) is 0 Å². The van der Waals surface area contributed by atoms with Crippen molar-refractivity contribution in [2.75, 3.05) is 5.73 Å². The molecule has 19 heavy (non-hydrogen) atoms. The minimum atomic E-state index is -0.202. The van der Waals surface area contributed by atoms with E-state index in [1.165, 1.54) is 11.3 Å². The third kappa shape index (κ3) is 2.93. The number of halogens is 1. The second kappa shape index (κ2) is 5.40. The number of nitrogen functional groups attached to an aromatic ring is 1. The highest BCUT2D eigenvalue weighted by Crippen LogP contribution is 2.19. The smallest absolute Gasteiger partial charge is 0.263 e. The molecule has 1 amide bonds. The van der Waals surface area contributed by atoms with E-state index in [1.807, 2.05) is 0 Å². The van der Waals surface area contributed by atoms with Gasteiger partial charge in [0.1, 0.15) is 10.7 Å². The van der Waals surface area contributed by atoms with E-state index in [2.05, 4.69) is 5.32 Å². The van der Waals surface area contributed by atoms with Crippen LogP contribution in [0.3, 0.4) is 0 Å². The summed E-state index contributed by atoms with van der Waals surface area (Å²) in [5.74, 6) is -0.398. The summed E-state index contributed by atoms with van der Waals surface area (Å²) in [4.78, 5) is 12.4. The first-order valence-electron chi connectivity index (χ1n) is 5.86. The fourth-order valence-electron chi connectivity index (χ4n) is 1.90. The number of carbonyl (C=O) groups is 1. The molecule has 0 aliphatic heterocycles. The van der Waals surface area contributed by atoms with E-state index < -0.39 is 0 Å². The van der Waals surface area contributed by atoms with Crippen molar-refractivity contribution in [1.82, 2.24) is 5.32 Å². The number of aryl methyl sites for hydroxylation is 2. The van der Waals surface area contributed by atoms with E-state index in [1.54, 1.807) is 37.4 Å². The van der Waals surface area contributed by atoms with Crippen molar-refractivity contribution in [3.63, 3.8) is 0 Å². The van der Waals surface area contributed by atoms with Gasteiger partial charge in [0.25, 0.3) is 5.91 Å². The van der Waals surface area contributed by atoms with Gasteiger partial charge in [-0.3, -0.25) is 4.79 Å². The predicted molar refractivity (Wildman–Crippen MR) is 75.8 cm³/mol. The summed E-state index contributed by atoms with van der Waals surface area (Å²) in [5.41, 5.74) is 8.20. The first kappa shape index (κ1) is 13.5. The fourth-order valence-corrected chi connectivity index (χ4v) is 2.64. The second-order valence-corrected chi connectivity index (χ2v) is 5.35. The molecule has 3 nitrogen and oxygen atoms in total. The lowest BCUT2D eigenvalue weighted by Crippen LogP contribution is -2.22. The quantitative estimate of drug-likeness (QED) is 0.906. The van der Waals surface area contributed by atoms with E-state index in [4.69, 9.17) is 5.73 Å². The standard InChI is InChI=1S/C14H15FN2OS/c1-8-5-10(6-9(2)12(8)15)7-17-14(18)13-11(16)3-4-19-13/h3-6H,7,16H2,1-2H3,(H,17,18). The van der Waals surface area contributed by atoms with Crippen molar-refractivity contribution in [3.05, 3.63) is 51.0 Å². The van der Waals surface area contributed by atoms with Crippen molar-refractivity contribution < 1.29 is 9.18 Å². The minimum absolute atomic E-state index is 0.197. The van der Waals surface area contributed by atoms with Crippen LogP contribution in [-0.2, 0) is 6.54 Å². The van der Waals surface area contributed by atoms with Gasteiger partial charge in [0.05, 0.1) is 5.69 Å². The highest BCUT2D eigenvalue weighted by molar-refractivity contribution is 7.12. The molecule has 1 aromatic heterocycles. The number of hydrogen-bond donors (Lipinski definition) is 2. The Morgan fingerprint density at radius 3 is 2.53 bits per heavy atom. The van der Waals surface area contributed by atoms with Gasteiger partial charge >= 0.3 is 0 Å². The zero-order valence-corrected chi connectivity index (χ0v) is 11.6. The summed E-state index contributed by atoms with van der Waals surface area (Å²) < 4.78 is 13.5. The van der Waals surface area contributed by atoms with Crippen molar-refractivity contribution >= 4 is 22.9 Å². The van der Waals surface area contributed by atoms with E-state index in [9.17, 15) is 9.18 Å². The SMILES string of the molecule is Cc1cc(CNC(=O)c2sccc2N)cc(C)c1F. The summed E-state index contributed by atoms with van der Waals surface area (Å²) in [7, 11) is 0. The van der Waals surface area contributed by atoms with Crippen LogP contribution in [0.2, 0.25) is 0 Å². The predicted octanol–water partition coefficient (Wildman–Crippen LogP) is 3.02. The number of thiophene rings is 1. The maximum Gasteiger partial charge on any atom is 0.263 e. The van der Waals surface area contributed by atoms with Crippen molar-refractivity contribution in [2.24, 2.45) is 0 Å². The summed E-state index contributed by atoms with van der Waals surface area (Å²) in [6.07, 6.45) is 0.